The molecule has 8 nitrogen and oxygen atoms in total. The molecule has 0 radical (unpaired) electrons. The second kappa shape index (κ2) is 11.3. The van der Waals surface area contributed by atoms with Gasteiger partial charge in [0.25, 0.3) is 0 Å². The van der Waals surface area contributed by atoms with Gasteiger partial charge in [-0.2, -0.15) is 5.10 Å². The van der Waals surface area contributed by atoms with E-state index in [4.69, 9.17) is 0 Å². The van der Waals surface area contributed by atoms with Gasteiger partial charge in [-0.25, -0.2) is 12.7 Å². The molecule has 0 bridgehead atoms. The summed E-state index contributed by atoms with van der Waals surface area (Å²) in [5, 5.41) is 11.5. The van der Waals surface area contributed by atoms with Crippen LogP contribution in [-0.4, -0.2) is 60.4 Å². The fraction of sp³-hybridized carbons (Fsp3) is 0.778. The van der Waals surface area contributed by atoms with E-state index >= 15 is 0 Å². The van der Waals surface area contributed by atoms with Crippen LogP contribution in [0.5, 0.6) is 0 Å². The van der Waals surface area contributed by atoms with Crippen molar-refractivity contribution in [3.05, 3.63) is 17.0 Å². The number of sulfonamides is 1. The summed E-state index contributed by atoms with van der Waals surface area (Å²) in [6, 6.07) is 0.227. The van der Waals surface area contributed by atoms with E-state index in [-0.39, 0.29) is 35.8 Å². The molecule has 0 atom stereocenters. The molecule has 1 aromatic rings. The number of nitrogens with zero attached hydrogens (tertiary/aromatic N) is 4. The number of hydrogen-bond acceptors (Lipinski definition) is 4. The lowest BCUT2D eigenvalue weighted by atomic mass is 10.1. The second-order valence-electron chi connectivity index (χ2n) is 6.85. The van der Waals surface area contributed by atoms with E-state index in [1.165, 1.54) is 11.3 Å². The van der Waals surface area contributed by atoms with Gasteiger partial charge < -0.3 is 10.6 Å². The zero-order chi connectivity index (χ0) is 20.0. The van der Waals surface area contributed by atoms with Crippen LogP contribution in [0.4, 0.5) is 0 Å². The van der Waals surface area contributed by atoms with Gasteiger partial charge in [-0.1, -0.05) is 13.8 Å². The minimum Gasteiger partial charge on any atom is -0.354 e. The van der Waals surface area contributed by atoms with E-state index in [1.807, 2.05) is 11.7 Å². The van der Waals surface area contributed by atoms with Gasteiger partial charge in [-0.3, -0.25) is 9.67 Å². The van der Waals surface area contributed by atoms with Crippen LogP contribution >= 0.6 is 24.0 Å². The highest BCUT2D eigenvalue weighted by atomic mass is 127. The molecule has 0 aromatic carbocycles. The monoisotopic (exact) mass is 526 g/mol. The molecule has 0 unspecified atom stereocenters. The quantitative estimate of drug-likeness (QED) is 0.320. The molecule has 0 amide bonds. The molecular formula is C18H35IN6O2S. The normalized spacial score (nSPS) is 16.7. The van der Waals surface area contributed by atoms with Crippen molar-refractivity contribution in [3.63, 3.8) is 0 Å². The van der Waals surface area contributed by atoms with Gasteiger partial charge >= 0.3 is 0 Å². The van der Waals surface area contributed by atoms with Gasteiger partial charge in [0, 0.05) is 51.0 Å². The molecule has 1 fully saturated rings. The lowest BCUT2D eigenvalue weighted by Gasteiger charge is -2.32. The van der Waals surface area contributed by atoms with Crippen LogP contribution < -0.4 is 10.6 Å². The zero-order valence-electron chi connectivity index (χ0n) is 17.7. The van der Waals surface area contributed by atoms with Gasteiger partial charge in [0.1, 0.15) is 0 Å². The second-order valence-corrected chi connectivity index (χ2v) is 9.10. The number of halogens is 1. The molecule has 162 valence electrons. The number of aryl methyl sites for hydroxylation is 2. The molecule has 1 aromatic heterocycles. The van der Waals surface area contributed by atoms with Gasteiger partial charge in [0.05, 0.1) is 11.4 Å². The summed E-state index contributed by atoms with van der Waals surface area (Å²) in [5.41, 5.74) is 3.61. The molecule has 1 aliphatic heterocycles. The summed E-state index contributed by atoms with van der Waals surface area (Å²) in [7, 11) is 0.666. The van der Waals surface area contributed by atoms with Crippen LogP contribution in [0.1, 0.15) is 50.6 Å². The minimum atomic E-state index is -3.09. The van der Waals surface area contributed by atoms with Gasteiger partial charge in [-0.15, -0.1) is 24.0 Å². The summed E-state index contributed by atoms with van der Waals surface area (Å²) in [4.78, 5) is 4.33. The Labute approximate surface area is 186 Å². The topological polar surface area (TPSA) is 91.6 Å². The number of guanidine groups is 1. The molecule has 1 aliphatic rings. The predicted molar refractivity (Wildman–Crippen MR) is 125 cm³/mol. The number of nitrogens with one attached hydrogen (secondary N) is 2. The number of rotatable bonds is 7. The molecule has 2 heterocycles. The average Bonchev–Trinajstić information content (AvgIpc) is 2.99. The molecular weight excluding hydrogens is 491 g/mol. The zero-order valence-corrected chi connectivity index (χ0v) is 20.8. The van der Waals surface area contributed by atoms with Crippen molar-refractivity contribution in [3.8, 4) is 0 Å². The van der Waals surface area contributed by atoms with Crippen LogP contribution in [0.2, 0.25) is 0 Å². The average molecular weight is 526 g/mol. The smallest absolute Gasteiger partial charge is 0.213 e. The van der Waals surface area contributed by atoms with Crippen LogP contribution in [0.15, 0.2) is 4.99 Å². The van der Waals surface area contributed by atoms with E-state index in [2.05, 4.69) is 34.6 Å². The fourth-order valence-electron chi connectivity index (χ4n) is 3.61. The first-order chi connectivity index (χ1) is 12.9. The molecule has 1 saturated heterocycles. The molecule has 2 N–H and O–H groups in total. The molecule has 2 rings (SSSR count). The molecule has 0 aliphatic carbocycles. The molecule has 28 heavy (non-hydrogen) atoms. The fourth-order valence-corrected chi connectivity index (χ4v) is 4.75. The molecule has 0 spiro atoms. The van der Waals surface area contributed by atoms with Gasteiger partial charge in [0.2, 0.25) is 10.0 Å². The Bertz CT molecular complexity index is 754. The first-order valence-electron chi connectivity index (χ1n) is 9.84. The Hall–Kier alpha value is -0.880. The van der Waals surface area contributed by atoms with Crippen LogP contribution in [-0.2, 0) is 36.5 Å². The van der Waals surface area contributed by atoms with Crippen LogP contribution in [0.25, 0.3) is 0 Å². The summed E-state index contributed by atoms with van der Waals surface area (Å²) in [6.45, 7) is 7.77. The minimum absolute atomic E-state index is 0. The Kier molecular flexibility index (Phi) is 10.2. The number of hydrogen-bond donors (Lipinski definition) is 2. The highest BCUT2D eigenvalue weighted by Gasteiger charge is 2.27. The SMILES string of the molecule is CCc1nn(C)c(CC)c1CNC(=NC)NC1CCN(S(=O)(=O)CC)CC1.I. The maximum absolute atomic E-state index is 12.0. The summed E-state index contributed by atoms with van der Waals surface area (Å²) in [5.74, 6) is 0.915. The Morgan fingerprint density at radius 3 is 2.36 bits per heavy atom. The third-order valence-electron chi connectivity index (χ3n) is 5.24. The highest BCUT2D eigenvalue weighted by molar-refractivity contribution is 14.0. The number of aliphatic imine (C=N–C) groups is 1. The lowest BCUT2D eigenvalue weighted by Crippen LogP contribution is -2.49. The largest absolute Gasteiger partial charge is 0.354 e. The number of aromatic nitrogens is 2. The maximum atomic E-state index is 12.0. The van der Waals surface area contributed by atoms with Crippen molar-refractivity contribution in [2.24, 2.45) is 12.0 Å². The van der Waals surface area contributed by atoms with E-state index in [0.29, 0.717) is 19.6 Å². The van der Waals surface area contributed by atoms with E-state index in [0.717, 1.165) is 37.3 Å². The molecule has 0 saturated carbocycles. The summed E-state index contributed by atoms with van der Waals surface area (Å²) < 4.78 is 27.5. The molecule has 10 heteroatoms. The van der Waals surface area contributed by atoms with Crippen molar-refractivity contribution in [2.75, 3.05) is 25.9 Å². The first kappa shape index (κ1) is 25.2. The van der Waals surface area contributed by atoms with Crippen molar-refractivity contribution in [2.45, 2.75) is 59.0 Å². The summed E-state index contributed by atoms with van der Waals surface area (Å²) in [6.07, 6.45) is 3.42. The van der Waals surface area contributed by atoms with Gasteiger partial charge in [0.15, 0.2) is 5.96 Å². The maximum Gasteiger partial charge on any atom is 0.213 e. The van der Waals surface area contributed by atoms with E-state index in [1.54, 1.807) is 18.3 Å². The lowest BCUT2D eigenvalue weighted by molar-refractivity contribution is 0.306. The number of piperidine rings is 1. The van der Waals surface area contributed by atoms with Crippen molar-refractivity contribution >= 4 is 40.0 Å². The van der Waals surface area contributed by atoms with Crippen molar-refractivity contribution < 1.29 is 8.42 Å². The summed E-state index contributed by atoms with van der Waals surface area (Å²) >= 11 is 0. The van der Waals surface area contributed by atoms with Crippen molar-refractivity contribution in [1.82, 2.24) is 24.7 Å². The highest BCUT2D eigenvalue weighted by Crippen LogP contribution is 2.16. The van der Waals surface area contributed by atoms with Gasteiger partial charge in [-0.05, 0) is 32.6 Å². The third kappa shape index (κ3) is 6.06. The first-order valence-corrected chi connectivity index (χ1v) is 11.5. The van der Waals surface area contributed by atoms with E-state index in [9.17, 15) is 8.42 Å². The third-order valence-corrected chi connectivity index (χ3v) is 7.12. The Balaban J connectivity index is 0.00000392. The Morgan fingerprint density at radius 1 is 1.21 bits per heavy atom. The Morgan fingerprint density at radius 2 is 1.86 bits per heavy atom. The van der Waals surface area contributed by atoms with Crippen molar-refractivity contribution in [1.29, 1.82) is 0 Å². The van der Waals surface area contributed by atoms with Crippen LogP contribution in [0, 0.1) is 0 Å². The van der Waals surface area contributed by atoms with Crippen LogP contribution in [0.3, 0.4) is 0 Å². The standard InChI is InChI=1S/C18H34N6O2S.HI/c1-6-16-15(17(7-2)23(5)22-16)13-20-18(19-4)21-14-9-11-24(12-10-14)27(25,26)8-3;/h14H,6-13H2,1-5H3,(H2,19,20,21);1H. The van der Waals surface area contributed by atoms with E-state index < -0.39 is 10.0 Å². The predicted octanol–water partition coefficient (Wildman–Crippen LogP) is 1.64.